The SMILES string of the molecule is COc1cc(N)ccc1C(=O)NC1(CO)CCOCC1. The molecule has 6 nitrogen and oxygen atoms in total. The predicted molar refractivity (Wildman–Crippen MR) is 74.7 cm³/mol. The van der Waals surface area contributed by atoms with Crippen LogP contribution in [-0.4, -0.2) is 43.5 Å². The Morgan fingerprint density at radius 1 is 1.50 bits per heavy atom. The van der Waals surface area contributed by atoms with Gasteiger partial charge in [0.05, 0.1) is 24.8 Å². The highest BCUT2D eigenvalue weighted by atomic mass is 16.5. The molecule has 4 N–H and O–H groups in total. The topological polar surface area (TPSA) is 93.8 Å². The van der Waals surface area contributed by atoms with Crippen molar-refractivity contribution in [3.8, 4) is 5.75 Å². The van der Waals surface area contributed by atoms with Crippen LogP contribution in [0, 0.1) is 0 Å². The van der Waals surface area contributed by atoms with Crippen molar-refractivity contribution in [1.29, 1.82) is 0 Å². The van der Waals surface area contributed by atoms with E-state index in [2.05, 4.69) is 5.32 Å². The van der Waals surface area contributed by atoms with Gasteiger partial charge in [-0.05, 0) is 25.0 Å². The minimum atomic E-state index is -0.623. The fourth-order valence-corrected chi connectivity index (χ4v) is 2.29. The largest absolute Gasteiger partial charge is 0.496 e. The zero-order valence-corrected chi connectivity index (χ0v) is 11.5. The molecule has 110 valence electrons. The molecule has 0 spiro atoms. The molecule has 1 aliphatic rings. The minimum Gasteiger partial charge on any atom is -0.496 e. The van der Waals surface area contributed by atoms with Gasteiger partial charge in [-0.25, -0.2) is 0 Å². The van der Waals surface area contributed by atoms with Crippen LogP contribution < -0.4 is 15.8 Å². The molecule has 1 aliphatic heterocycles. The molecule has 0 aromatic heterocycles. The number of aliphatic hydroxyl groups is 1. The van der Waals surface area contributed by atoms with Gasteiger partial charge < -0.3 is 25.6 Å². The van der Waals surface area contributed by atoms with Crippen LogP contribution in [0.3, 0.4) is 0 Å². The standard InChI is InChI=1S/C14H20N2O4/c1-19-12-8-10(15)2-3-11(12)13(18)16-14(9-17)4-6-20-7-5-14/h2-3,8,17H,4-7,9,15H2,1H3,(H,16,18). The van der Waals surface area contributed by atoms with Crippen molar-refractivity contribution < 1.29 is 19.4 Å². The molecule has 0 unspecified atom stereocenters. The van der Waals surface area contributed by atoms with Crippen molar-refractivity contribution in [3.63, 3.8) is 0 Å². The molecule has 1 aromatic rings. The number of rotatable bonds is 4. The Morgan fingerprint density at radius 2 is 2.20 bits per heavy atom. The van der Waals surface area contributed by atoms with Gasteiger partial charge in [0.2, 0.25) is 0 Å². The summed E-state index contributed by atoms with van der Waals surface area (Å²) in [4.78, 5) is 12.4. The fourth-order valence-electron chi connectivity index (χ4n) is 2.29. The van der Waals surface area contributed by atoms with Crippen molar-refractivity contribution >= 4 is 11.6 Å². The van der Waals surface area contributed by atoms with Crippen LogP contribution in [-0.2, 0) is 4.74 Å². The number of nitrogen functional groups attached to an aromatic ring is 1. The summed E-state index contributed by atoms with van der Waals surface area (Å²) in [7, 11) is 1.49. The van der Waals surface area contributed by atoms with Crippen LogP contribution in [0.4, 0.5) is 5.69 Å². The number of carbonyl (C=O) groups excluding carboxylic acids is 1. The van der Waals surface area contributed by atoms with Crippen molar-refractivity contribution in [2.45, 2.75) is 18.4 Å². The second-order valence-electron chi connectivity index (χ2n) is 4.96. The molecule has 1 fully saturated rings. The van der Waals surface area contributed by atoms with Gasteiger partial charge in [0, 0.05) is 25.0 Å². The number of benzene rings is 1. The third-order valence-electron chi connectivity index (χ3n) is 3.60. The van der Waals surface area contributed by atoms with Gasteiger partial charge in [-0.2, -0.15) is 0 Å². The second kappa shape index (κ2) is 6.11. The summed E-state index contributed by atoms with van der Waals surface area (Å²) < 4.78 is 10.4. The van der Waals surface area contributed by atoms with Gasteiger partial charge in [-0.3, -0.25) is 4.79 Å². The molecule has 0 radical (unpaired) electrons. The van der Waals surface area contributed by atoms with E-state index in [0.717, 1.165) is 0 Å². The predicted octanol–water partition coefficient (Wildman–Crippen LogP) is 0.549. The molecule has 6 heteroatoms. The zero-order chi connectivity index (χ0) is 14.6. The zero-order valence-electron chi connectivity index (χ0n) is 11.5. The summed E-state index contributed by atoms with van der Waals surface area (Å²) in [5.74, 6) is 0.139. The van der Waals surface area contributed by atoms with Crippen molar-refractivity contribution in [1.82, 2.24) is 5.32 Å². The number of aliphatic hydroxyl groups excluding tert-OH is 1. The lowest BCUT2D eigenvalue weighted by Gasteiger charge is -2.36. The monoisotopic (exact) mass is 280 g/mol. The highest BCUT2D eigenvalue weighted by Gasteiger charge is 2.34. The first-order valence-electron chi connectivity index (χ1n) is 6.55. The fraction of sp³-hybridized carbons (Fsp3) is 0.500. The van der Waals surface area contributed by atoms with Gasteiger partial charge in [0.1, 0.15) is 5.75 Å². The number of carbonyl (C=O) groups is 1. The molecule has 0 saturated carbocycles. The molecule has 1 saturated heterocycles. The van der Waals surface area contributed by atoms with E-state index in [0.29, 0.717) is 43.1 Å². The van der Waals surface area contributed by atoms with Crippen LogP contribution in [0.5, 0.6) is 5.75 Å². The van der Waals surface area contributed by atoms with Crippen LogP contribution >= 0.6 is 0 Å². The first-order chi connectivity index (χ1) is 9.60. The second-order valence-corrected chi connectivity index (χ2v) is 4.96. The maximum absolute atomic E-state index is 12.4. The summed E-state index contributed by atoms with van der Waals surface area (Å²) >= 11 is 0. The van der Waals surface area contributed by atoms with Crippen LogP contribution in [0.15, 0.2) is 18.2 Å². The summed E-state index contributed by atoms with van der Waals surface area (Å²) in [6, 6.07) is 4.87. The van der Waals surface area contributed by atoms with Gasteiger partial charge in [-0.15, -0.1) is 0 Å². The van der Waals surface area contributed by atoms with Gasteiger partial charge in [0.25, 0.3) is 5.91 Å². The van der Waals surface area contributed by atoms with E-state index >= 15 is 0 Å². The number of amides is 1. The Morgan fingerprint density at radius 3 is 2.80 bits per heavy atom. The normalized spacial score (nSPS) is 17.5. The average Bonchev–Trinajstić information content (AvgIpc) is 2.47. The Balaban J connectivity index is 2.18. The number of anilines is 1. The van der Waals surface area contributed by atoms with Crippen molar-refractivity contribution in [3.05, 3.63) is 23.8 Å². The van der Waals surface area contributed by atoms with E-state index in [1.165, 1.54) is 7.11 Å². The minimum absolute atomic E-state index is 0.112. The van der Waals surface area contributed by atoms with E-state index < -0.39 is 5.54 Å². The Kier molecular flexibility index (Phi) is 4.46. The first kappa shape index (κ1) is 14.6. The van der Waals surface area contributed by atoms with E-state index in [1.54, 1.807) is 18.2 Å². The maximum atomic E-state index is 12.4. The summed E-state index contributed by atoms with van der Waals surface area (Å²) in [6.45, 7) is 0.943. The molecule has 20 heavy (non-hydrogen) atoms. The smallest absolute Gasteiger partial charge is 0.255 e. The highest BCUT2D eigenvalue weighted by Crippen LogP contribution is 2.25. The van der Waals surface area contributed by atoms with Crippen LogP contribution in [0.25, 0.3) is 0 Å². The molecular weight excluding hydrogens is 260 g/mol. The number of ether oxygens (including phenoxy) is 2. The molecule has 1 amide bonds. The van der Waals surface area contributed by atoms with Crippen LogP contribution in [0.1, 0.15) is 23.2 Å². The summed E-state index contributed by atoms with van der Waals surface area (Å²) in [5, 5.41) is 12.5. The maximum Gasteiger partial charge on any atom is 0.255 e. The van der Waals surface area contributed by atoms with Crippen LogP contribution in [0.2, 0.25) is 0 Å². The highest BCUT2D eigenvalue weighted by molar-refractivity contribution is 5.97. The average molecular weight is 280 g/mol. The molecule has 1 aromatic carbocycles. The lowest BCUT2D eigenvalue weighted by molar-refractivity contribution is 0.0125. The van der Waals surface area contributed by atoms with E-state index in [4.69, 9.17) is 15.2 Å². The number of hydrogen-bond donors (Lipinski definition) is 3. The Bertz CT molecular complexity index is 484. The number of nitrogens with two attached hydrogens (primary N) is 1. The molecular formula is C14H20N2O4. The molecule has 0 aliphatic carbocycles. The number of nitrogens with one attached hydrogen (secondary N) is 1. The Labute approximate surface area is 117 Å². The lowest BCUT2D eigenvalue weighted by atomic mass is 9.90. The van der Waals surface area contributed by atoms with Gasteiger partial charge in [-0.1, -0.05) is 0 Å². The third kappa shape index (κ3) is 3.02. The number of hydrogen-bond acceptors (Lipinski definition) is 5. The van der Waals surface area contributed by atoms with Crippen molar-refractivity contribution in [2.24, 2.45) is 0 Å². The Hall–Kier alpha value is -1.79. The van der Waals surface area contributed by atoms with Gasteiger partial charge in [0.15, 0.2) is 0 Å². The van der Waals surface area contributed by atoms with E-state index in [9.17, 15) is 9.90 Å². The first-order valence-corrected chi connectivity index (χ1v) is 6.55. The molecule has 0 atom stereocenters. The van der Waals surface area contributed by atoms with Crippen molar-refractivity contribution in [2.75, 3.05) is 32.7 Å². The molecule has 0 bridgehead atoms. The van der Waals surface area contributed by atoms with E-state index in [1.807, 2.05) is 0 Å². The van der Waals surface area contributed by atoms with Gasteiger partial charge >= 0.3 is 0 Å². The van der Waals surface area contributed by atoms with E-state index in [-0.39, 0.29) is 12.5 Å². The lowest BCUT2D eigenvalue weighted by Crippen LogP contribution is -2.54. The molecule has 2 rings (SSSR count). The third-order valence-corrected chi connectivity index (χ3v) is 3.60. The summed E-state index contributed by atoms with van der Waals surface area (Å²) in [5.41, 5.74) is 5.98. The quantitative estimate of drug-likeness (QED) is 0.700. The molecule has 1 heterocycles. The number of methoxy groups -OCH3 is 1. The summed E-state index contributed by atoms with van der Waals surface area (Å²) in [6.07, 6.45) is 1.18.